The number of carbonyl (C=O) groups is 7. The highest BCUT2D eigenvalue weighted by molar-refractivity contribution is 7.89. The van der Waals surface area contributed by atoms with Gasteiger partial charge in [-0.1, -0.05) is 54.6 Å². The van der Waals surface area contributed by atoms with Crippen LogP contribution in [0.4, 0.5) is 10.8 Å². The molecule has 2 saturated heterocycles. The van der Waals surface area contributed by atoms with Gasteiger partial charge in [0, 0.05) is 81.1 Å². The van der Waals surface area contributed by atoms with E-state index >= 15 is 0 Å². The molecule has 4 N–H and O–H groups in total. The lowest BCUT2D eigenvalue weighted by Crippen LogP contribution is -2.54. The molecule has 0 saturated carbocycles. The van der Waals surface area contributed by atoms with E-state index in [1.54, 1.807) is 18.2 Å². The van der Waals surface area contributed by atoms with Crippen LogP contribution in [0.5, 0.6) is 0 Å². The van der Waals surface area contributed by atoms with Gasteiger partial charge in [-0.05, 0) is 41.8 Å². The molecule has 3 aliphatic heterocycles. The van der Waals surface area contributed by atoms with E-state index in [0.717, 1.165) is 37.5 Å². The predicted octanol–water partition coefficient (Wildman–Crippen LogP) is 2.60. The number of aromatic nitrogens is 2. The molecule has 0 radical (unpaired) electrons. The van der Waals surface area contributed by atoms with Crippen LogP contribution in [-0.2, 0) is 47.1 Å². The van der Waals surface area contributed by atoms with Crippen LogP contribution in [0.25, 0.3) is 11.3 Å². The Balaban J connectivity index is 0.776. The summed E-state index contributed by atoms with van der Waals surface area (Å²) in [6.07, 6.45) is 3.86. The molecule has 0 spiro atoms. The summed E-state index contributed by atoms with van der Waals surface area (Å²) in [6, 6.07) is 21.1. The summed E-state index contributed by atoms with van der Waals surface area (Å²) in [7, 11) is -3.63. The van der Waals surface area contributed by atoms with Crippen molar-refractivity contribution in [3.8, 4) is 11.3 Å². The summed E-state index contributed by atoms with van der Waals surface area (Å²) >= 11 is 1.23. The van der Waals surface area contributed by atoms with Gasteiger partial charge in [0.1, 0.15) is 12.1 Å². The highest BCUT2D eigenvalue weighted by Crippen LogP contribution is 2.31. The number of nitrogens with zero attached hydrogens (tertiary/aromatic N) is 5. The van der Waals surface area contributed by atoms with Crippen molar-refractivity contribution < 1.29 is 46.7 Å². The normalized spacial score (nSPS) is 16.9. The van der Waals surface area contributed by atoms with E-state index in [0.29, 0.717) is 56.5 Å². The van der Waals surface area contributed by atoms with Crippen molar-refractivity contribution >= 4 is 73.5 Å². The van der Waals surface area contributed by atoms with E-state index in [2.05, 4.69) is 36.1 Å². The van der Waals surface area contributed by atoms with E-state index in [9.17, 15) is 42.0 Å². The minimum atomic E-state index is -3.63. The molecule has 2 atom stereocenters. The zero-order valence-corrected chi connectivity index (χ0v) is 37.9. The van der Waals surface area contributed by atoms with Gasteiger partial charge in [0.25, 0.3) is 23.6 Å². The molecule has 5 aromatic rings. The van der Waals surface area contributed by atoms with Crippen molar-refractivity contribution in [2.24, 2.45) is 0 Å². The maximum atomic E-state index is 13.5. The number of thiazole rings is 1. The third-order valence-electron chi connectivity index (χ3n) is 11.6. The second-order valence-corrected chi connectivity index (χ2v) is 19.0. The van der Waals surface area contributed by atoms with E-state index < -0.39 is 57.6 Å². The first-order chi connectivity index (χ1) is 32.2. The number of fused-ring (bicyclic) bond motifs is 1. The zero-order valence-electron chi connectivity index (χ0n) is 36.3. The van der Waals surface area contributed by atoms with Gasteiger partial charge in [-0.3, -0.25) is 52.7 Å². The minimum Gasteiger partial charge on any atom is -0.374 e. The second kappa shape index (κ2) is 20.2. The standard InChI is InChI=1S/C46H47N9O10S2/c1-67(63,64)54-18-15-32(25-54)41(58)48-36(42(59)51-46-49-37(28-66-46)31-5-3-2-4-6-31)27-65-26-30-9-7-29(8-10-30)24-47-39(56)16-17-52-19-21-53(22-20-52)33-11-12-34-35(23-33)45(62)55(44(34)61)38-13-14-40(57)50-43(38)60/h2-12,15,18,23,25,28,36,38H,13-14,16-17,19-22,24,26-27H2,1H3,(H,47,56)(H,48,58)(H,49,51,59)(H,50,57,60). The number of nitrogens with one attached hydrogen (secondary N) is 4. The van der Waals surface area contributed by atoms with Crippen molar-refractivity contribution in [1.29, 1.82) is 0 Å². The fourth-order valence-electron chi connectivity index (χ4n) is 7.89. The molecule has 3 aromatic carbocycles. The summed E-state index contributed by atoms with van der Waals surface area (Å²) in [4.78, 5) is 99.7. The largest absolute Gasteiger partial charge is 0.374 e. The van der Waals surface area contributed by atoms with Gasteiger partial charge in [-0.25, -0.2) is 13.4 Å². The molecule has 2 fully saturated rings. The number of ether oxygens (including phenoxy) is 1. The van der Waals surface area contributed by atoms with Crippen LogP contribution in [-0.4, -0.2) is 126 Å². The van der Waals surface area contributed by atoms with E-state index in [4.69, 9.17) is 4.74 Å². The van der Waals surface area contributed by atoms with Crippen LogP contribution < -0.4 is 26.2 Å². The monoisotopic (exact) mass is 949 g/mol. The van der Waals surface area contributed by atoms with Gasteiger partial charge < -0.3 is 25.6 Å². The first kappa shape index (κ1) is 46.5. The van der Waals surface area contributed by atoms with Crippen LogP contribution in [0.15, 0.2) is 96.6 Å². The molecule has 5 heterocycles. The van der Waals surface area contributed by atoms with E-state index in [1.807, 2.05) is 60.0 Å². The number of carbonyl (C=O) groups excluding carboxylic acids is 7. The molecule has 0 aliphatic carbocycles. The van der Waals surface area contributed by atoms with E-state index in [1.165, 1.54) is 29.8 Å². The van der Waals surface area contributed by atoms with Gasteiger partial charge in [0.05, 0.1) is 41.9 Å². The lowest BCUT2D eigenvalue weighted by Gasteiger charge is -2.36. The van der Waals surface area contributed by atoms with Crippen molar-refractivity contribution in [1.82, 2.24) is 34.7 Å². The maximum absolute atomic E-state index is 13.5. The Hall–Kier alpha value is -7.07. The molecule has 2 aromatic heterocycles. The maximum Gasteiger partial charge on any atom is 0.262 e. The minimum absolute atomic E-state index is 0.0438. The molecule has 21 heteroatoms. The van der Waals surface area contributed by atoms with Crippen molar-refractivity contribution in [2.45, 2.75) is 44.5 Å². The lowest BCUT2D eigenvalue weighted by molar-refractivity contribution is -0.136. The van der Waals surface area contributed by atoms with Gasteiger partial charge in [-0.2, -0.15) is 0 Å². The number of anilines is 2. The highest BCUT2D eigenvalue weighted by Gasteiger charge is 2.45. The summed E-state index contributed by atoms with van der Waals surface area (Å²) in [5, 5.41) is 12.7. The molecule has 2 unspecified atom stereocenters. The van der Waals surface area contributed by atoms with Crippen molar-refractivity contribution in [3.05, 3.63) is 124 Å². The smallest absolute Gasteiger partial charge is 0.262 e. The molecular weight excluding hydrogens is 903 g/mol. The predicted molar refractivity (Wildman–Crippen MR) is 246 cm³/mol. The number of piperazine rings is 1. The SMILES string of the molecule is CS(=O)(=O)n1ccc(C(=O)NC(COCc2ccc(CNC(=O)CCN3CCN(c4ccc5c(c4)C(=O)N(C4CCC(=O)NC4=O)C5=O)CC3)cc2)C(=O)Nc2nc(-c3ccccc3)cs2)c1. The van der Waals surface area contributed by atoms with Crippen LogP contribution in [0, 0.1) is 0 Å². The quantitative estimate of drug-likeness (QED) is 0.0983. The first-order valence-corrected chi connectivity index (χ1v) is 24.2. The number of amides is 7. The molecule has 19 nitrogen and oxygen atoms in total. The first-order valence-electron chi connectivity index (χ1n) is 21.5. The molecule has 0 bridgehead atoms. The van der Waals surface area contributed by atoms with Gasteiger partial charge in [0.2, 0.25) is 27.7 Å². The third-order valence-corrected chi connectivity index (χ3v) is 13.4. The number of benzene rings is 3. The molecule has 348 valence electrons. The fourth-order valence-corrected chi connectivity index (χ4v) is 9.20. The molecular formula is C46H47N9O10S2. The number of hydrogen-bond acceptors (Lipinski definition) is 14. The number of imide groups is 2. The van der Waals surface area contributed by atoms with E-state index in [-0.39, 0.29) is 48.7 Å². The molecule has 3 aliphatic rings. The summed E-state index contributed by atoms with van der Waals surface area (Å²) in [5.41, 5.74) is 4.49. The molecule has 8 rings (SSSR count). The number of rotatable bonds is 17. The second-order valence-electron chi connectivity index (χ2n) is 16.3. The fraction of sp³-hybridized carbons (Fsp3) is 0.304. The van der Waals surface area contributed by atoms with Gasteiger partial charge in [0.15, 0.2) is 5.13 Å². The Morgan fingerprint density at radius 3 is 2.36 bits per heavy atom. The Bertz CT molecular complexity index is 2820. The number of hydrogen-bond donors (Lipinski definition) is 4. The average Bonchev–Trinajstić information content (AvgIpc) is 4.07. The van der Waals surface area contributed by atoms with Gasteiger partial charge in [-0.15, -0.1) is 11.3 Å². The zero-order chi connectivity index (χ0) is 47.2. The van der Waals surface area contributed by atoms with Crippen molar-refractivity contribution in [3.63, 3.8) is 0 Å². The Labute approximate surface area is 389 Å². The average molecular weight is 950 g/mol. The lowest BCUT2D eigenvalue weighted by atomic mass is 10.0. The summed E-state index contributed by atoms with van der Waals surface area (Å²) < 4.78 is 30.8. The Morgan fingerprint density at radius 1 is 0.910 bits per heavy atom. The molecule has 7 amide bonds. The van der Waals surface area contributed by atoms with Crippen LogP contribution >= 0.6 is 11.3 Å². The van der Waals surface area contributed by atoms with Crippen LogP contribution in [0.1, 0.15) is 61.5 Å². The topological polar surface area (TPSA) is 239 Å². The van der Waals surface area contributed by atoms with Crippen LogP contribution in [0.2, 0.25) is 0 Å². The van der Waals surface area contributed by atoms with Crippen LogP contribution in [0.3, 0.4) is 0 Å². The third kappa shape index (κ3) is 11.1. The van der Waals surface area contributed by atoms with Crippen molar-refractivity contribution in [2.75, 3.05) is 55.8 Å². The Kier molecular flexibility index (Phi) is 14.0. The number of piperidine rings is 1. The Morgan fingerprint density at radius 2 is 1.64 bits per heavy atom. The summed E-state index contributed by atoms with van der Waals surface area (Å²) in [6.45, 7) is 3.41. The highest BCUT2D eigenvalue weighted by atomic mass is 32.2. The molecule has 67 heavy (non-hydrogen) atoms. The van der Waals surface area contributed by atoms with Gasteiger partial charge >= 0.3 is 0 Å². The summed E-state index contributed by atoms with van der Waals surface area (Å²) in [5.74, 6) is -3.52.